The zero-order valence-corrected chi connectivity index (χ0v) is 15.5. The van der Waals surface area contributed by atoms with Gasteiger partial charge in [0.1, 0.15) is 12.4 Å². The molecule has 140 valence electrons. The molecule has 6 nitrogen and oxygen atoms in total. The minimum Gasteiger partial charge on any atom is -0.465 e. The third-order valence-corrected chi connectivity index (χ3v) is 4.02. The molecule has 1 amide bonds. The number of ether oxygens (including phenoxy) is 1. The molecular formula is C20H27N3O3. The van der Waals surface area contributed by atoms with Gasteiger partial charge >= 0.3 is 5.97 Å². The molecule has 0 fully saturated rings. The number of esters is 1. The van der Waals surface area contributed by atoms with Crippen LogP contribution in [0.2, 0.25) is 0 Å². The van der Waals surface area contributed by atoms with Gasteiger partial charge < -0.3 is 14.6 Å². The number of aromatic nitrogens is 2. The summed E-state index contributed by atoms with van der Waals surface area (Å²) in [6.07, 6.45) is 6.89. The van der Waals surface area contributed by atoms with E-state index in [1.807, 2.05) is 35.8 Å². The monoisotopic (exact) mass is 357 g/mol. The first-order valence-electron chi connectivity index (χ1n) is 9.16. The smallest absolute Gasteiger partial charge is 0.326 e. The average molecular weight is 357 g/mol. The number of rotatable bonds is 10. The fraction of sp³-hybridized carbons (Fsp3) is 0.450. The molecule has 0 aliphatic carbocycles. The van der Waals surface area contributed by atoms with Crippen LogP contribution in [-0.2, 0) is 27.3 Å². The molecule has 0 bridgehead atoms. The number of benzene rings is 1. The summed E-state index contributed by atoms with van der Waals surface area (Å²) >= 11 is 0. The molecular weight excluding hydrogens is 330 g/mol. The third-order valence-electron chi connectivity index (χ3n) is 4.02. The summed E-state index contributed by atoms with van der Waals surface area (Å²) in [5, 5.41) is 2.85. The predicted octanol–water partition coefficient (Wildman–Crippen LogP) is 3.00. The van der Waals surface area contributed by atoms with Crippen LogP contribution in [0, 0.1) is 0 Å². The van der Waals surface area contributed by atoms with Crippen molar-refractivity contribution in [2.75, 3.05) is 13.2 Å². The van der Waals surface area contributed by atoms with Gasteiger partial charge in [0.15, 0.2) is 0 Å². The summed E-state index contributed by atoms with van der Waals surface area (Å²) in [7, 11) is 0. The van der Waals surface area contributed by atoms with Crippen molar-refractivity contribution in [1.29, 1.82) is 0 Å². The maximum absolute atomic E-state index is 11.9. The summed E-state index contributed by atoms with van der Waals surface area (Å²) in [5.41, 5.74) is 1.85. The fourth-order valence-electron chi connectivity index (χ4n) is 2.84. The van der Waals surface area contributed by atoms with Gasteiger partial charge in [-0.15, -0.1) is 0 Å². The number of amides is 1. The van der Waals surface area contributed by atoms with E-state index in [0.717, 1.165) is 42.5 Å². The number of nitrogens with one attached hydrogen (secondary N) is 1. The Balaban J connectivity index is 1.91. The highest BCUT2D eigenvalue weighted by molar-refractivity contribution is 5.87. The first-order valence-corrected chi connectivity index (χ1v) is 9.16. The van der Waals surface area contributed by atoms with Crippen LogP contribution in [-0.4, -0.2) is 34.6 Å². The predicted molar refractivity (Wildman–Crippen MR) is 102 cm³/mol. The quantitative estimate of drug-likeness (QED) is 0.403. The highest BCUT2D eigenvalue weighted by atomic mass is 16.5. The number of para-hydroxylation sites is 2. The van der Waals surface area contributed by atoms with Gasteiger partial charge in [0.05, 0.1) is 17.6 Å². The van der Waals surface area contributed by atoms with Gasteiger partial charge in [0.25, 0.3) is 0 Å². The van der Waals surface area contributed by atoms with E-state index in [0.29, 0.717) is 13.2 Å². The lowest BCUT2D eigenvalue weighted by atomic mass is 10.2. The largest absolute Gasteiger partial charge is 0.465 e. The van der Waals surface area contributed by atoms with E-state index in [9.17, 15) is 9.59 Å². The first kappa shape index (κ1) is 19.7. The molecule has 6 heteroatoms. The van der Waals surface area contributed by atoms with Crippen LogP contribution in [0.15, 0.2) is 36.4 Å². The van der Waals surface area contributed by atoms with E-state index < -0.39 is 0 Å². The molecule has 0 radical (unpaired) electrons. The number of nitrogens with zero attached hydrogens (tertiary/aromatic N) is 2. The molecule has 0 saturated heterocycles. The van der Waals surface area contributed by atoms with Gasteiger partial charge in [0, 0.05) is 13.0 Å². The number of fused-ring (bicyclic) bond motifs is 1. The Morgan fingerprint density at radius 1 is 1.23 bits per heavy atom. The Labute approximate surface area is 154 Å². The summed E-state index contributed by atoms with van der Waals surface area (Å²) in [6, 6.07) is 7.82. The summed E-state index contributed by atoms with van der Waals surface area (Å²) in [4.78, 5) is 27.9. The zero-order chi connectivity index (χ0) is 18.8. The van der Waals surface area contributed by atoms with Crippen molar-refractivity contribution in [1.82, 2.24) is 14.9 Å². The van der Waals surface area contributed by atoms with Crippen LogP contribution < -0.4 is 5.32 Å². The molecule has 0 spiro atoms. The maximum Gasteiger partial charge on any atom is 0.326 e. The van der Waals surface area contributed by atoms with E-state index >= 15 is 0 Å². The summed E-state index contributed by atoms with van der Waals surface area (Å²) in [5.74, 6) is 0.601. The Morgan fingerprint density at radius 2 is 2.04 bits per heavy atom. The van der Waals surface area contributed by atoms with Crippen LogP contribution in [0.3, 0.4) is 0 Å². The molecule has 0 atom stereocenters. The van der Waals surface area contributed by atoms with E-state index in [1.54, 1.807) is 13.0 Å². The number of unbranched alkanes of at least 4 members (excludes halogenated alkanes) is 2. The van der Waals surface area contributed by atoms with Gasteiger partial charge in [-0.3, -0.25) is 9.59 Å². The van der Waals surface area contributed by atoms with E-state index in [2.05, 4.69) is 10.3 Å². The molecule has 2 rings (SSSR count). The maximum atomic E-state index is 11.9. The molecule has 0 saturated carbocycles. The Morgan fingerprint density at radius 3 is 2.81 bits per heavy atom. The van der Waals surface area contributed by atoms with E-state index in [-0.39, 0.29) is 18.4 Å². The number of hydrogen-bond acceptors (Lipinski definition) is 4. The van der Waals surface area contributed by atoms with Gasteiger partial charge in [-0.05, 0) is 44.9 Å². The van der Waals surface area contributed by atoms with E-state index in [1.165, 1.54) is 6.08 Å². The molecule has 0 aliphatic rings. The number of carbonyl (C=O) groups is 2. The highest BCUT2D eigenvalue weighted by Gasteiger charge is 2.13. The second-order valence-corrected chi connectivity index (χ2v) is 6.01. The zero-order valence-electron chi connectivity index (χ0n) is 15.5. The van der Waals surface area contributed by atoms with Crippen LogP contribution in [0.25, 0.3) is 11.0 Å². The number of aryl methyl sites for hydroxylation is 1. The third kappa shape index (κ3) is 5.72. The molecule has 26 heavy (non-hydrogen) atoms. The molecule has 1 heterocycles. The standard InChI is InChI=1S/C20H27N3O3/c1-3-10-19(24)21-14-9-5-6-13-18-22-16-11-7-8-12-17(16)23(18)15-20(25)26-4-2/h3,7-8,10-12H,4-6,9,13-15H2,1-2H3,(H,21,24)/b10-3+. The van der Waals surface area contributed by atoms with Gasteiger partial charge in [-0.1, -0.05) is 24.6 Å². The molecule has 1 aromatic heterocycles. The Hall–Kier alpha value is -2.63. The highest BCUT2D eigenvalue weighted by Crippen LogP contribution is 2.18. The van der Waals surface area contributed by atoms with Crippen molar-refractivity contribution >= 4 is 22.9 Å². The minimum absolute atomic E-state index is 0.0521. The van der Waals surface area contributed by atoms with Crippen molar-refractivity contribution in [3.8, 4) is 0 Å². The second kappa shape index (κ2) is 10.4. The Kier molecular flexibility index (Phi) is 7.86. The topological polar surface area (TPSA) is 73.2 Å². The minimum atomic E-state index is -0.247. The van der Waals surface area contributed by atoms with Crippen molar-refractivity contribution in [3.63, 3.8) is 0 Å². The molecule has 1 N–H and O–H groups in total. The van der Waals surface area contributed by atoms with Crippen molar-refractivity contribution < 1.29 is 14.3 Å². The number of allylic oxidation sites excluding steroid dienone is 1. The summed E-state index contributed by atoms with van der Waals surface area (Å²) < 4.78 is 7.03. The van der Waals surface area contributed by atoms with Gasteiger partial charge in [-0.25, -0.2) is 4.98 Å². The number of hydrogen-bond donors (Lipinski definition) is 1. The second-order valence-electron chi connectivity index (χ2n) is 6.01. The lowest BCUT2D eigenvalue weighted by molar-refractivity contribution is -0.143. The van der Waals surface area contributed by atoms with Crippen LogP contribution in [0.1, 0.15) is 38.9 Å². The number of imidazole rings is 1. The van der Waals surface area contributed by atoms with Gasteiger partial charge in [0.2, 0.25) is 5.91 Å². The van der Waals surface area contributed by atoms with Crippen LogP contribution >= 0.6 is 0 Å². The van der Waals surface area contributed by atoms with Crippen molar-refractivity contribution in [3.05, 3.63) is 42.2 Å². The Bertz CT molecular complexity index is 765. The van der Waals surface area contributed by atoms with E-state index in [4.69, 9.17) is 4.74 Å². The SMILES string of the molecule is C/C=C/C(=O)NCCCCCc1nc2ccccc2n1CC(=O)OCC. The van der Waals surface area contributed by atoms with Crippen LogP contribution in [0.4, 0.5) is 0 Å². The molecule has 1 aromatic carbocycles. The van der Waals surface area contributed by atoms with Gasteiger partial charge in [-0.2, -0.15) is 0 Å². The molecule has 0 unspecified atom stereocenters. The van der Waals surface area contributed by atoms with Crippen LogP contribution in [0.5, 0.6) is 0 Å². The summed E-state index contributed by atoms with van der Waals surface area (Å²) in [6.45, 7) is 4.85. The fourth-order valence-corrected chi connectivity index (χ4v) is 2.84. The lowest BCUT2D eigenvalue weighted by Crippen LogP contribution is -2.22. The molecule has 2 aromatic rings. The number of carbonyl (C=O) groups excluding carboxylic acids is 2. The average Bonchev–Trinajstić information content (AvgIpc) is 2.96. The first-order chi connectivity index (χ1) is 12.7. The normalized spacial score (nSPS) is 11.2. The van der Waals surface area contributed by atoms with Crippen molar-refractivity contribution in [2.45, 2.75) is 46.1 Å². The lowest BCUT2D eigenvalue weighted by Gasteiger charge is -2.09. The van der Waals surface area contributed by atoms with Crippen molar-refractivity contribution in [2.24, 2.45) is 0 Å². The molecule has 0 aliphatic heterocycles.